The molecule has 0 unspecified atom stereocenters. The number of halogens is 12. The molecule has 0 bridgehead atoms. The van der Waals surface area contributed by atoms with Gasteiger partial charge in [-0.25, -0.2) is 35.1 Å². The molecule has 10 rings (SSSR count). The molecule has 1 aliphatic rings. The van der Waals surface area contributed by atoms with Gasteiger partial charge in [0.2, 0.25) is 0 Å². The van der Waals surface area contributed by atoms with Gasteiger partial charge in [-0.2, -0.15) is 9.46 Å². The zero-order chi connectivity index (χ0) is 47.7. The number of rotatable bonds is 2. The van der Waals surface area contributed by atoms with Crippen LogP contribution in [0.5, 0.6) is 0 Å². The minimum absolute atomic E-state index is 0.664. The van der Waals surface area contributed by atoms with Crippen LogP contribution >= 0.6 is 90.4 Å². The predicted octanol–water partition coefficient (Wildman–Crippen LogP) is 15.4. The normalized spacial score (nSPS) is 10.5. The molecule has 9 aromatic rings. The van der Waals surface area contributed by atoms with Gasteiger partial charge >= 0.3 is 0 Å². The van der Waals surface area contributed by atoms with E-state index in [9.17, 15) is 45.5 Å². The van der Waals surface area contributed by atoms with Gasteiger partial charge in [0.05, 0.1) is 14.3 Å². The summed E-state index contributed by atoms with van der Waals surface area (Å²) in [6.07, 6.45) is 6.01. The van der Waals surface area contributed by atoms with Gasteiger partial charge in [0.25, 0.3) is 0 Å². The van der Waals surface area contributed by atoms with Crippen molar-refractivity contribution in [3.63, 3.8) is 0 Å². The van der Waals surface area contributed by atoms with E-state index in [-0.39, 0.29) is 0 Å². The summed E-state index contributed by atoms with van der Waals surface area (Å²) >= 11 is 4.81. The second-order valence-electron chi connectivity index (χ2n) is 13.6. The molecule has 0 radical (unpaired) electrons. The van der Waals surface area contributed by atoms with Gasteiger partial charge in [-0.05, 0) is 146 Å². The molecule has 2 aromatic heterocycles. The summed E-state index contributed by atoms with van der Waals surface area (Å²) < 4.78 is 100. The van der Waals surface area contributed by atoms with Crippen molar-refractivity contribution in [2.45, 2.75) is 0 Å². The number of hydrogen-bond acceptors (Lipinski definition) is 2. The van der Waals surface area contributed by atoms with Crippen LogP contribution < -0.4 is 9.46 Å². The molecule has 2 heterocycles. The van der Waals surface area contributed by atoms with Gasteiger partial charge in [0.15, 0.2) is 71.3 Å². The third kappa shape index (κ3) is 11.8. The molecule has 0 amide bonds. The largest absolute Gasteiger partial charge is 0.619 e. The Morgan fingerprint density at radius 2 is 0.530 bits per heavy atom. The van der Waals surface area contributed by atoms with Crippen LogP contribution in [0.4, 0.5) is 35.1 Å². The van der Waals surface area contributed by atoms with E-state index in [2.05, 4.69) is 60.7 Å². The van der Waals surface area contributed by atoms with Crippen LogP contribution in [0.1, 0.15) is 0 Å². The zero-order valence-corrected chi connectivity index (χ0v) is 42.0. The average molecular weight is 1350 g/mol. The van der Waals surface area contributed by atoms with Gasteiger partial charge in [0.1, 0.15) is 0 Å². The van der Waals surface area contributed by atoms with E-state index >= 15 is 0 Å². The van der Waals surface area contributed by atoms with E-state index < -0.39 is 60.8 Å². The number of benzene rings is 7. The van der Waals surface area contributed by atoms with Crippen LogP contribution in [0, 0.1) is 71.2 Å². The highest BCUT2D eigenvalue weighted by molar-refractivity contribution is 14.1. The standard InChI is InChI=1S/C16H10.2C11H9NO.2C6F4I2/c1-2-8-13-12(7-1)14-9-3-5-11-6-4-10-15(13)16(11)14;2*13-12-8-6-11(7-9-12)10-4-2-1-3-5-10;2*7-1-2(8)6(12)4(10)3(9)5(1)11/h1-10H;2*1-9H;;. The van der Waals surface area contributed by atoms with Crippen LogP contribution in [0.3, 0.4) is 0 Å². The molecule has 0 N–H and O–H groups in total. The Morgan fingerprint density at radius 3 is 0.818 bits per heavy atom. The van der Waals surface area contributed by atoms with E-state index in [1.807, 2.05) is 84.9 Å². The fourth-order valence-electron chi connectivity index (χ4n) is 6.37. The molecular weight excluding hydrogens is 1320 g/mol. The van der Waals surface area contributed by atoms with E-state index in [1.54, 1.807) is 0 Å². The summed E-state index contributed by atoms with van der Waals surface area (Å²) in [6.45, 7) is 0. The minimum Gasteiger partial charge on any atom is -0.619 e. The van der Waals surface area contributed by atoms with E-state index in [1.165, 1.54) is 148 Å². The molecule has 4 nitrogen and oxygen atoms in total. The van der Waals surface area contributed by atoms with Crippen molar-refractivity contribution < 1.29 is 44.6 Å². The molecule has 0 spiro atoms. The molecule has 0 aliphatic heterocycles. The Hall–Kier alpha value is -4.94. The van der Waals surface area contributed by atoms with Crippen LogP contribution in [-0.2, 0) is 0 Å². The number of fused-ring (bicyclic) bond motifs is 3. The van der Waals surface area contributed by atoms with Crippen molar-refractivity contribution in [2.24, 2.45) is 0 Å². The van der Waals surface area contributed by atoms with Crippen LogP contribution in [-0.4, -0.2) is 0 Å². The van der Waals surface area contributed by atoms with Crippen LogP contribution in [0.2, 0.25) is 0 Å². The lowest BCUT2D eigenvalue weighted by molar-refractivity contribution is -0.605. The Balaban J connectivity index is 0.000000137. The summed E-state index contributed by atoms with van der Waals surface area (Å²) in [5.74, 6) is -10.8. The third-order valence-electron chi connectivity index (χ3n) is 9.54. The first-order valence-electron chi connectivity index (χ1n) is 19.0. The zero-order valence-electron chi connectivity index (χ0n) is 33.4. The van der Waals surface area contributed by atoms with Crippen LogP contribution in [0.15, 0.2) is 170 Å². The molecular formula is C50H28F8I4N2O2. The summed E-state index contributed by atoms with van der Waals surface area (Å²) in [6, 6.07) is 48.9. The number of aromatic nitrogens is 2. The smallest absolute Gasteiger partial charge is 0.180 e. The topological polar surface area (TPSA) is 53.9 Å². The van der Waals surface area contributed by atoms with Gasteiger partial charge in [-0.1, -0.05) is 121 Å². The Kier molecular flexibility index (Phi) is 17.7. The highest BCUT2D eigenvalue weighted by atomic mass is 127. The van der Waals surface area contributed by atoms with Gasteiger partial charge < -0.3 is 10.4 Å². The predicted molar refractivity (Wildman–Crippen MR) is 273 cm³/mol. The van der Waals surface area contributed by atoms with Gasteiger partial charge in [0, 0.05) is 24.3 Å². The second-order valence-corrected chi connectivity index (χ2v) is 18.0. The van der Waals surface area contributed by atoms with Gasteiger partial charge in [-0.15, -0.1) is 0 Å². The monoisotopic (exact) mass is 1350 g/mol. The first-order valence-corrected chi connectivity index (χ1v) is 23.4. The first kappa shape index (κ1) is 50.5. The fraction of sp³-hybridized carbons (Fsp3) is 0. The third-order valence-corrected chi connectivity index (χ3v) is 13.3. The molecule has 0 fully saturated rings. The van der Waals surface area contributed by atoms with Crippen molar-refractivity contribution in [2.75, 3.05) is 0 Å². The first-order chi connectivity index (χ1) is 31.6. The number of hydrogen-bond donors (Lipinski definition) is 0. The average Bonchev–Trinajstić information content (AvgIpc) is 3.69. The molecule has 0 atom stereocenters. The highest BCUT2D eigenvalue weighted by Gasteiger charge is 2.23. The molecule has 16 heteroatoms. The summed E-state index contributed by atoms with van der Waals surface area (Å²) in [4.78, 5) is 0. The van der Waals surface area contributed by atoms with E-state index in [0.717, 1.165) is 31.7 Å². The highest BCUT2D eigenvalue weighted by Crippen LogP contribution is 2.46. The van der Waals surface area contributed by atoms with Gasteiger partial charge in [-0.3, -0.25) is 0 Å². The Labute approximate surface area is 427 Å². The molecule has 0 saturated carbocycles. The number of pyridine rings is 2. The van der Waals surface area contributed by atoms with Crippen molar-refractivity contribution >= 4 is 101 Å². The van der Waals surface area contributed by atoms with E-state index in [0.29, 0.717) is 0 Å². The lowest BCUT2D eigenvalue weighted by atomic mass is 10.0. The number of nitrogens with zero attached hydrogens (tertiary/aromatic N) is 2. The summed E-state index contributed by atoms with van der Waals surface area (Å²) in [5.41, 5.74) is 9.88. The van der Waals surface area contributed by atoms with Crippen molar-refractivity contribution in [3.05, 3.63) is 242 Å². The van der Waals surface area contributed by atoms with Crippen molar-refractivity contribution in [3.8, 4) is 44.5 Å². The van der Waals surface area contributed by atoms with Crippen molar-refractivity contribution in [1.29, 1.82) is 0 Å². The SMILES string of the molecule is Fc1c(F)c(I)c(F)c(F)c1I.Fc1c(F)c(I)c(F)c(F)c1I.[O-][n+]1ccc(-c2ccccc2)cc1.[O-][n+]1ccc(-c2ccccc2)cc1.c1ccc2c(c1)-c1cccc3cccc-2c13. The molecule has 334 valence electrons. The van der Waals surface area contributed by atoms with Crippen LogP contribution in [0.25, 0.3) is 55.3 Å². The van der Waals surface area contributed by atoms with E-state index in [4.69, 9.17) is 0 Å². The molecule has 1 aliphatic carbocycles. The maximum Gasteiger partial charge on any atom is 0.180 e. The minimum atomic E-state index is -1.35. The summed E-state index contributed by atoms with van der Waals surface area (Å²) in [5, 5.41) is 24.3. The van der Waals surface area contributed by atoms with Crippen molar-refractivity contribution in [1.82, 2.24) is 0 Å². The maximum absolute atomic E-state index is 12.6. The Bertz CT molecular complexity index is 2720. The quantitative estimate of drug-likeness (QED) is 0.0432. The fourth-order valence-corrected chi connectivity index (χ4v) is 8.26. The lowest BCUT2D eigenvalue weighted by Crippen LogP contribution is -2.23. The lowest BCUT2D eigenvalue weighted by Gasteiger charge is -2.02. The molecule has 7 aromatic carbocycles. The summed E-state index contributed by atoms with van der Waals surface area (Å²) in [7, 11) is 0. The maximum atomic E-state index is 12.6. The Morgan fingerprint density at radius 1 is 0.288 bits per heavy atom. The molecule has 0 saturated heterocycles. The second kappa shape index (κ2) is 23.2. The molecule has 66 heavy (non-hydrogen) atoms.